The third-order valence-electron chi connectivity index (χ3n) is 5.39. The van der Waals surface area contributed by atoms with Crippen LogP contribution in [0.1, 0.15) is 57.8 Å². The van der Waals surface area contributed by atoms with Crippen LogP contribution in [0.5, 0.6) is 0 Å². The van der Waals surface area contributed by atoms with Crippen molar-refractivity contribution in [3.05, 3.63) is 0 Å². The van der Waals surface area contributed by atoms with Gasteiger partial charge in [-0.15, -0.1) is 0 Å². The van der Waals surface area contributed by atoms with E-state index in [2.05, 4.69) is 10.0 Å². The van der Waals surface area contributed by atoms with Crippen molar-refractivity contribution < 1.29 is 13.2 Å². The molecular formula is C15H27N3O3S. The van der Waals surface area contributed by atoms with Crippen LogP contribution in [0, 0.1) is 11.8 Å². The highest BCUT2D eigenvalue weighted by Gasteiger charge is 2.35. The predicted molar refractivity (Wildman–Crippen MR) is 84.5 cm³/mol. The normalized spacial score (nSPS) is 30.7. The smallest absolute Gasteiger partial charge is 0.329 e. The highest BCUT2D eigenvalue weighted by atomic mass is 32.2. The Morgan fingerprint density at radius 3 is 1.95 bits per heavy atom. The second-order valence-electron chi connectivity index (χ2n) is 7.12. The van der Waals surface area contributed by atoms with Crippen molar-refractivity contribution in [2.75, 3.05) is 13.1 Å². The van der Waals surface area contributed by atoms with E-state index in [0.29, 0.717) is 24.9 Å². The zero-order chi connectivity index (χ0) is 15.6. The molecule has 6 nitrogen and oxygen atoms in total. The zero-order valence-electron chi connectivity index (χ0n) is 13.1. The fourth-order valence-electron chi connectivity index (χ4n) is 4.09. The molecule has 2 N–H and O–H groups in total. The van der Waals surface area contributed by atoms with Crippen LogP contribution in [0.3, 0.4) is 0 Å². The van der Waals surface area contributed by atoms with Crippen LogP contribution in [0.25, 0.3) is 0 Å². The average molecular weight is 329 g/mol. The number of carbonyl (C=O) groups excluding carboxylic acids is 1. The van der Waals surface area contributed by atoms with Crippen molar-refractivity contribution in [3.63, 3.8) is 0 Å². The number of hydrogen-bond acceptors (Lipinski definition) is 3. The van der Waals surface area contributed by atoms with Gasteiger partial charge in [0.15, 0.2) is 0 Å². The quantitative estimate of drug-likeness (QED) is 0.831. The first-order valence-electron chi connectivity index (χ1n) is 8.61. The first-order valence-corrected chi connectivity index (χ1v) is 10.1. The molecular weight excluding hydrogens is 302 g/mol. The minimum Gasteiger partial charge on any atom is -0.335 e. The van der Waals surface area contributed by atoms with Crippen LogP contribution in [0.15, 0.2) is 0 Å². The van der Waals surface area contributed by atoms with Gasteiger partial charge in [0.1, 0.15) is 0 Å². The summed E-state index contributed by atoms with van der Waals surface area (Å²) in [7, 11) is -3.71. The second-order valence-corrected chi connectivity index (χ2v) is 8.79. The van der Waals surface area contributed by atoms with Crippen molar-refractivity contribution in [1.29, 1.82) is 0 Å². The Morgan fingerprint density at radius 1 is 0.864 bits per heavy atom. The van der Waals surface area contributed by atoms with Gasteiger partial charge in [0.05, 0.1) is 0 Å². The summed E-state index contributed by atoms with van der Waals surface area (Å²) in [6.07, 6.45) is 9.77. The lowest BCUT2D eigenvalue weighted by Gasteiger charge is -2.25. The summed E-state index contributed by atoms with van der Waals surface area (Å²) in [6, 6.07) is -0.451. The molecule has 2 aliphatic carbocycles. The van der Waals surface area contributed by atoms with E-state index >= 15 is 0 Å². The lowest BCUT2D eigenvalue weighted by molar-refractivity contribution is 0.236. The number of rotatable bonds is 3. The fourth-order valence-corrected chi connectivity index (χ4v) is 5.32. The molecule has 0 aromatic carbocycles. The van der Waals surface area contributed by atoms with Crippen LogP contribution in [0.4, 0.5) is 4.79 Å². The molecule has 0 spiro atoms. The summed E-state index contributed by atoms with van der Waals surface area (Å²) in [4.78, 5) is 12.0. The highest BCUT2D eigenvalue weighted by molar-refractivity contribution is 7.87. The van der Waals surface area contributed by atoms with Gasteiger partial charge < -0.3 is 5.32 Å². The maximum absolute atomic E-state index is 12.5. The van der Waals surface area contributed by atoms with Crippen molar-refractivity contribution in [2.45, 2.75) is 63.8 Å². The first-order chi connectivity index (χ1) is 10.5. The largest absolute Gasteiger partial charge is 0.335 e. The highest BCUT2D eigenvalue weighted by Crippen LogP contribution is 2.34. The topological polar surface area (TPSA) is 78.5 Å². The summed E-state index contributed by atoms with van der Waals surface area (Å²) < 4.78 is 28.6. The number of hydrogen-bond donors (Lipinski definition) is 2. The molecule has 4 fully saturated rings. The molecule has 0 unspecified atom stereocenters. The lowest BCUT2D eigenvalue weighted by Crippen LogP contribution is -2.50. The van der Waals surface area contributed by atoms with Crippen molar-refractivity contribution in [3.8, 4) is 0 Å². The number of fused-ring (bicyclic) bond motifs is 4. The van der Waals surface area contributed by atoms with Crippen molar-refractivity contribution in [1.82, 2.24) is 14.3 Å². The van der Waals surface area contributed by atoms with Crippen molar-refractivity contribution >= 4 is 16.2 Å². The molecule has 2 amide bonds. The van der Waals surface area contributed by atoms with E-state index in [4.69, 9.17) is 0 Å². The number of nitrogens with zero attached hydrogens (tertiary/aromatic N) is 1. The Morgan fingerprint density at radius 2 is 1.41 bits per heavy atom. The monoisotopic (exact) mass is 329 g/mol. The Hall–Kier alpha value is -0.820. The molecule has 4 aliphatic rings. The van der Waals surface area contributed by atoms with E-state index in [1.807, 2.05) is 0 Å². The van der Waals surface area contributed by atoms with Crippen LogP contribution < -0.4 is 10.0 Å². The van der Waals surface area contributed by atoms with E-state index in [1.54, 1.807) is 0 Å². The van der Waals surface area contributed by atoms with E-state index in [-0.39, 0.29) is 6.04 Å². The van der Waals surface area contributed by atoms with Crippen LogP contribution in [-0.2, 0) is 10.2 Å². The van der Waals surface area contributed by atoms with Gasteiger partial charge >= 0.3 is 16.2 Å². The summed E-state index contributed by atoms with van der Waals surface area (Å²) in [5.41, 5.74) is 0. The summed E-state index contributed by atoms with van der Waals surface area (Å²) in [5, 5.41) is 2.81. The minimum atomic E-state index is -3.71. The minimum absolute atomic E-state index is 0.115. The average Bonchev–Trinajstić information content (AvgIpc) is 2.82. The standard InChI is InChI=1S/C15H27N3O3S/c19-15(16-14-4-2-1-3-5-14)17-22(20,21)18-10-12-6-7-13(11-18)9-8-12/h12-14H,1-11H2,(H2,16,17,19). The van der Waals surface area contributed by atoms with E-state index in [0.717, 1.165) is 51.4 Å². The van der Waals surface area contributed by atoms with E-state index in [1.165, 1.54) is 10.7 Å². The van der Waals surface area contributed by atoms with Gasteiger partial charge in [0.25, 0.3) is 0 Å². The fraction of sp³-hybridized carbons (Fsp3) is 0.933. The Kier molecular flexibility index (Phi) is 4.92. The summed E-state index contributed by atoms with van der Waals surface area (Å²) in [5.74, 6) is 0.911. The van der Waals surface area contributed by atoms with Gasteiger partial charge in [0, 0.05) is 19.1 Å². The Balaban J connectivity index is 1.56. The second kappa shape index (κ2) is 6.74. The molecule has 126 valence electrons. The molecule has 2 bridgehead atoms. The molecule has 0 aromatic rings. The number of urea groups is 1. The van der Waals surface area contributed by atoms with Gasteiger partial charge in [-0.2, -0.15) is 12.7 Å². The molecule has 2 saturated carbocycles. The Bertz CT molecular complexity index is 480. The SMILES string of the molecule is O=C(NC1CCCCC1)NS(=O)(=O)N1CC2CCC(CC2)C1. The maximum atomic E-state index is 12.5. The van der Waals surface area contributed by atoms with Gasteiger partial charge in [-0.05, 0) is 50.4 Å². The Labute approximate surface area is 133 Å². The molecule has 0 radical (unpaired) electrons. The number of amides is 2. The molecule has 4 rings (SSSR count). The van der Waals surface area contributed by atoms with Gasteiger partial charge in [-0.3, -0.25) is 0 Å². The summed E-state index contributed by atoms with van der Waals surface area (Å²) >= 11 is 0. The molecule has 0 atom stereocenters. The molecule has 2 saturated heterocycles. The van der Waals surface area contributed by atoms with E-state index in [9.17, 15) is 13.2 Å². The molecule has 22 heavy (non-hydrogen) atoms. The summed E-state index contributed by atoms with van der Waals surface area (Å²) in [6.45, 7) is 1.12. The molecule has 0 aromatic heterocycles. The molecule has 2 heterocycles. The number of carbonyl (C=O) groups is 1. The molecule has 2 aliphatic heterocycles. The van der Waals surface area contributed by atoms with Crippen LogP contribution >= 0.6 is 0 Å². The number of nitrogens with one attached hydrogen (secondary N) is 2. The van der Waals surface area contributed by atoms with Gasteiger partial charge in [0.2, 0.25) is 0 Å². The first kappa shape index (κ1) is 16.1. The lowest BCUT2D eigenvalue weighted by atomic mass is 9.84. The third kappa shape index (κ3) is 3.93. The maximum Gasteiger partial charge on any atom is 0.329 e. The van der Waals surface area contributed by atoms with E-state index < -0.39 is 16.2 Å². The predicted octanol–water partition coefficient (Wildman–Crippen LogP) is 1.99. The van der Waals surface area contributed by atoms with Crippen LogP contribution in [-0.4, -0.2) is 37.9 Å². The third-order valence-corrected chi connectivity index (χ3v) is 6.81. The van der Waals surface area contributed by atoms with Gasteiger partial charge in [-0.25, -0.2) is 9.52 Å². The van der Waals surface area contributed by atoms with Crippen LogP contribution in [0.2, 0.25) is 0 Å². The van der Waals surface area contributed by atoms with Gasteiger partial charge in [-0.1, -0.05) is 19.3 Å². The zero-order valence-corrected chi connectivity index (χ0v) is 13.9. The van der Waals surface area contributed by atoms with Crippen molar-refractivity contribution in [2.24, 2.45) is 11.8 Å². The molecule has 7 heteroatoms.